The van der Waals surface area contributed by atoms with Crippen LogP contribution < -0.4 is 11.0 Å². The van der Waals surface area contributed by atoms with E-state index in [4.69, 9.17) is 4.74 Å². The van der Waals surface area contributed by atoms with Gasteiger partial charge in [0.2, 0.25) is 0 Å². The third kappa shape index (κ3) is 5.23. The average Bonchev–Trinajstić information content (AvgIpc) is 3.13. The zero-order valence-electron chi connectivity index (χ0n) is 17.5. The minimum Gasteiger partial charge on any atom is -0.469 e. The maximum absolute atomic E-state index is 13.1. The molecule has 1 heterocycles. The number of nitrogens with zero attached hydrogens (tertiary/aromatic N) is 3. The molecule has 0 bridgehead atoms. The van der Waals surface area contributed by atoms with Crippen molar-refractivity contribution in [3.8, 4) is 5.69 Å². The number of esters is 1. The van der Waals surface area contributed by atoms with Crippen LogP contribution >= 0.6 is 15.9 Å². The second-order valence-electron chi connectivity index (χ2n) is 6.75. The number of nitro groups is 1. The monoisotopic (exact) mass is 515 g/mol. The van der Waals surface area contributed by atoms with Gasteiger partial charge in [0.05, 0.1) is 46.7 Å². The Kier molecular flexibility index (Phi) is 7.18. The van der Waals surface area contributed by atoms with Crippen LogP contribution in [-0.4, -0.2) is 39.4 Å². The van der Waals surface area contributed by atoms with Gasteiger partial charge in [-0.2, -0.15) is 5.10 Å². The molecule has 11 nitrogen and oxygen atoms in total. The van der Waals surface area contributed by atoms with Gasteiger partial charge >= 0.3 is 5.97 Å². The number of nitrogens with one attached hydrogen (secondary N) is 2. The summed E-state index contributed by atoms with van der Waals surface area (Å²) in [5, 5.41) is 17.7. The lowest BCUT2D eigenvalue weighted by atomic mass is 10.1. The Morgan fingerprint density at radius 3 is 2.48 bits per heavy atom. The summed E-state index contributed by atoms with van der Waals surface area (Å²) in [6, 6.07) is 12.0. The van der Waals surface area contributed by atoms with Crippen LogP contribution in [0.5, 0.6) is 0 Å². The summed E-state index contributed by atoms with van der Waals surface area (Å²) < 4.78 is 6.40. The van der Waals surface area contributed by atoms with Crippen molar-refractivity contribution in [1.82, 2.24) is 15.2 Å². The van der Waals surface area contributed by atoms with Gasteiger partial charge in [-0.3, -0.25) is 29.6 Å². The van der Waals surface area contributed by atoms with Crippen molar-refractivity contribution in [3.05, 3.63) is 90.3 Å². The van der Waals surface area contributed by atoms with Gasteiger partial charge in [0.15, 0.2) is 0 Å². The molecule has 170 valence electrons. The zero-order valence-corrected chi connectivity index (χ0v) is 19.1. The number of ether oxygens (including phenoxy) is 1. The first-order valence-corrected chi connectivity index (χ1v) is 10.3. The molecule has 3 aromatic rings. The molecule has 0 unspecified atom stereocenters. The summed E-state index contributed by atoms with van der Waals surface area (Å²) >= 11 is 3.29. The van der Waals surface area contributed by atoms with E-state index in [1.807, 2.05) is 0 Å². The van der Waals surface area contributed by atoms with Gasteiger partial charge in [-0.1, -0.05) is 12.1 Å². The van der Waals surface area contributed by atoms with Gasteiger partial charge in [0.25, 0.3) is 17.2 Å². The highest BCUT2D eigenvalue weighted by Crippen LogP contribution is 2.17. The quantitative estimate of drug-likeness (QED) is 0.214. The summed E-state index contributed by atoms with van der Waals surface area (Å²) in [6.07, 6.45) is -0.258. The van der Waals surface area contributed by atoms with Crippen LogP contribution in [0.3, 0.4) is 0 Å². The molecule has 33 heavy (non-hydrogen) atoms. The molecular weight excluding hydrogens is 498 g/mol. The van der Waals surface area contributed by atoms with E-state index >= 15 is 0 Å². The average molecular weight is 516 g/mol. The van der Waals surface area contributed by atoms with Gasteiger partial charge in [-0.25, -0.2) is 10.1 Å². The fourth-order valence-corrected chi connectivity index (χ4v) is 3.47. The molecule has 12 heteroatoms. The first-order chi connectivity index (χ1) is 15.7. The number of carbonyl (C=O) groups is 2. The van der Waals surface area contributed by atoms with Crippen LogP contribution in [0.2, 0.25) is 0 Å². The number of aromatic amines is 1. The predicted octanol–water partition coefficient (Wildman–Crippen LogP) is 2.71. The standard InChI is InChI=1S/C21H18BrN5O6/c1-12(23-24-20(29)15-5-3-4-6-16(15)22)19-17(11-18(28)33-2)25-26(21(19)30)13-7-9-14(10-8-13)27(31)32/h3-10,25H,11H2,1-2H3,(H,24,29)/b23-12+. The first kappa shape index (κ1) is 23.6. The van der Waals surface area contributed by atoms with E-state index in [1.165, 1.54) is 38.3 Å². The Labute approximate surface area is 195 Å². The smallest absolute Gasteiger partial charge is 0.311 e. The van der Waals surface area contributed by atoms with Gasteiger partial charge in [0.1, 0.15) is 0 Å². The summed E-state index contributed by atoms with van der Waals surface area (Å²) in [6.45, 7) is 1.51. The number of nitro benzene ring substituents is 1. The Bertz CT molecular complexity index is 1310. The normalized spacial score (nSPS) is 11.2. The number of halogens is 1. The second-order valence-corrected chi connectivity index (χ2v) is 7.60. The number of rotatable bonds is 7. The fraction of sp³-hybridized carbons (Fsp3) is 0.143. The Balaban J connectivity index is 2.00. The number of benzene rings is 2. The highest BCUT2D eigenvalue weighted by Gasteiger charge is 2.21. The number of hydrogen-bond donors (Lipinski definition) is 2. The number of non-ortho nitro benzene ring substituents is 1. The molecule has 2 N–H and O–H groups in total. The third-order valence-corrected chi connectivity index (χ3v) is 5.33. The largest absolute Gasteiger partial charge is 0.469 e. The molecular formula is C21H18BrN5O6. The van der Waals surface area contributed by atoms with Crippen molar-refractivity contribution in [2.75, 3.05) is 7.11 Å². The van der Waals surface area contributed by atoms with Crippen LogP contribution in [0.25, 0.3) is 5.69 Å². The molecule has 0 radical (unpaired) electrons. The minimum absolute atomic E-state index is 0.0613. The predicted molar refractivity (Wildman–Crippen MR) is 123 cm³/mol. The highest BCUT2D eigenvalue weighted by atomic mass is 79.9. The fourth-order valence-electron chi connectivity index (χ4n) is 3.00. The minimum atomic E-state index is -0.599. The molecule has 0 aliphatic rings. The summed E-state index contributed by atoms with van der Waals surface area (Å²) in [5.41, 5.74) is 2.78. The van der Waals surface area contributed by atoms with Crippen molar-refractivity contribution < 1.29 is 19.2 Å². The third-order valence-electron chi connectivity index (χ3n) is 4.64. The molecule has 1 amide bonds. The molecule has 0 saturated carbocycles. The van der Waals surface area contributed by atoms with Crippen LogP contribution in [-0.2, 0) is 16.0 Å². The van der Waals surface area contributed by atoms with Gasteiger partial charge in [-0.15, -0.1) is 0 Å². The maximum Gasteiger partial charge on any atom is 0.311 e. The van der Waals surface area contributed by atoms with Crippen molar-refractivity contribution in [1.29, 1.82) is 0 Å². The molecule has 0 spiro atoms. The van der Waals surface area contributed by atoms with Crippen LogP contribution in [0.1, 0.15) is 28.5 Å². The Morgan fingerprint density at radius 1 is 1.21 bits per heavy atom. The zero-order chi connectivity index (χ0) is 24.1. The molecule has 0 saturated heterocycles. The molecule has 0 aliphatic carbocycles. The van der Waals surface area contributed by atoms with Crippen molar-refractivity contribution in [3.63, 3.8) is 0 Å². The van der Waals surface area contributed by atoms with E-state index in [1.54, 1.807) is 24.3 Å². The number of methoxy groups -OCH3 is 1. The van der Waals surface area contributed by atoms with Crippen molar-refractivity contribution in [2.45, 2.75) is 13.3 Å². The summed E-state index contributed by atoms with van der Waals surface area (Å²) in [5.74, 6) is -1.10. The molecule has 0 aliphatic heterocycles. The van der Waals surface area contributed by atoms with Crippen LogP contribution in [0.4, 0.5) is 5.69 Å². The topological polar surface area (TPSA) is 149 Å². The van der Waals surface area contributed by atoms with Crippen LogP contribution in [0, 0.1) is 10.1 Å². The van der Waals surface area contributed by atoms with E-state index < -0.39 is 22.4 Å². The van der Waals surface area contributed by atoms with E-state index in [0.717, 1.165) is 4.68 Å². The van der Waals surface area contributed by atoms with E-state index in [2.05, 4.69) is 31.6 Å². The molecule has 0 atom stereocenters. The number of H-pyrrole nitrogens is 1. The number of amides is 1. The van der Waals surface area contributed by atoms with Crippen LogP contribution in [0.15, 0.2) is 62.9 Å². The number of carbonyl (C=O) groups excluding carboxylic acids is 2. The Hall–Kier alpha value is -4.06. The lowest BCUT2D eigenvalue weighted by molar-refractivity contribution is -0.384. The summed E-state index contributed by atoms with van der Waals surface area (Å²) in [4.78, 5) is 47.8. The van der Waals surface area contributed by atoms with Gasteiger partial charge in [0, 0.05) is 16.6 Å². The molecule has 0 fully saturated rings. The number of hydrogen-bond acceptors (Lipinski definition) is 7. The number of aromatic nitrogens is 2. The van der Waals surface area contributed by atoms with E-state index in [0.29, 0.717) is 15.7 Å². The molecule has 1 aromatic heterocycles. The lowest BCUT2D eigenvalue weighted by Crippen LogP contribution is -2.24. The van der Waals surface area contributed by atoms with E-state index in [-0.39, 0.29) is 29.1 Å². The maximum atomic E-state index is 13.1. The lowest BCUT2D eigenvalue weighted by Gasteiger charge is -2.04. The second kappa shape index (κ2) is 10.0. The van der Waals surface area contributed by atoms with E-state index in [9.17, 15) is 24.5 Å². The van der Waals surface area contributed by atoms with Gasteiger partial charge in [-0.05, 0) is 47.1 Å². The molecule has 2 aromatic carbocycles. The van der Waals surface area contributed by atoms with Gasteiger partial charge < -0.3 is 4.74 Å². The molecule has 3 rings (SSSR count). The van der Waals surface area contributed by atoms with Crippen molar-refractivity contribution >= 4 is 39.2 Å². The summed E-state index contributed by atoms with van der Waals surface area (Å²) in [7, 11) is 1.21. The first-order valence-electron chi connectivity index (χ1n) is 9.48. The Morgan fingerprint density at radius 2 is 1.88 bits per heavy atom. The number of hydrazone groups is 1. The SMILES string of the molecule is COC(=O)Cc1[nH]n(-c2ccc([N+](=O)[O-])cc2)c(=O)c1/C(C)=N/NC(=O)c1ccccc1Br. The van der Waals surface area contributed by atoms with Crippen molar-refractivity contribution in [2.24, 2.45) is 5.10 Å². The highest BCUT2D eigenvalue weighted by molar-refractivity contribution is 9.10.